The fourth-order valence-corrected chi connectivity index (χ4v) is 2.86. The van der Waals surface area contributed by atoms with Crippen LogP contribution in [0.5, 0.6) is 0 Å². The molecule has 1 aliphatic heterocycles. The molecule has 104 valence electrons. The average Bonchev–Trinajstić information content (AvgIpc) is 2.48. The van der Waals surface area contributed by atoms with Crippen LogP contribution in [-0.4, -0.2) is 23.2 Å². The Labute approximate surface area is 123 Å². The van der Waals surface area contributed by atoms with Crippen LogP contribution in [-0.2, 0) is 13.0 Å². The second kappa shape index (κ2) is 5.81. The van der Waals surface area contributed by atoms with Gasteiger partial charge in [-0.05, 0) is 18.1 Å². The molecule has 1 aromatic carbocycles. The Bertz CT molecular complexity index is 588. The number of pyridine rings is 1. The van der Waals surface area contributed by atoms with E-state index in [4.69, 9.17) is 11.6 Å². The molecule has 0 bridgehead atoms. The van der Waals surface area contributed by atoms with E-state index in [1.165, 1.54) is 5.56 Å². The van der Waals surface area contributed by atoms with Gasteiger partial charge in [0.25, 0.3) is 0 Å². The van der Waals surface area contributed by atoms with Gasteiger partial charge in [-0.1, -0.05) is 41.9 Å². The molecule has 0 radical (unpaired) electrons. The SMILES string of the molecule is OC[C@H]1Cc2ncc(Cl)cc2N(Cc2ccccc2)C1. The average molecular weight is 289 g/mol. The lowest BCUT2D eigenvalue weighted by Gasteiger charge is -2.35. The van der Waals surface area contributed by atoms with Gasteiger partial charge in [0.05, 0.1) is 16.4 Å². The fraction of sp³-hybridized carbons (Fsp3) is 0.312. The van der Waals surface area contributed by atoms with Gasteiger partial charge in [0.2, 0.25) is 0 Å². The van der Waals surface area contributed by atoms with E-state index in [0.29, 0.717) is 5.02 Å². The molecule has 1 N–H and O–H groups in total. The number of rotatable bonds is 3. The molecule has 1 atom stereocenters. The van der Waals surface area contributed by atoms with E-state index in [2.05, 4.69) is 22.0 Å². The first-order valence-electron chi connectivity index (χ1n) is 6.80. The van der Waals surface area contributed by atoms with Crippen molar-refractivity contribution in [3.63, 3.8) is 0 Å². The number of halogens is 1. The molecule has 4 heteroatoms. The summed E-state index contributed by atoms with van der Waals surface area (Å²) in [5.74, 6) is 0.236. The van der Waals surface area contributed by atoms with Gasteiger partial charge in [0, 0.05) is 31.8 Å². The lowest BCUT2D eigenvalue weighted by Crippen LogP contribution is -2.37. The van der Waals surface area contributed by atoms with Crippen LogP contribution in [0.2, 0.25) is 5.02 Å². The van der Waals surface area contributed by atoms with Crippen molar-refractivity contribution < 1.29 is 5.11 Å². The highest BCUT2D eigenvalue weighted by atomic mass is 35.5. The molecule has 2 heterocycles. The number of aliphatic hydroxyl groups is 1. The topological polar surface area (TPSA) is 36.4 Å². The molecule has 1 aromatic heterocycles. The number of nitrogens with zero attached hydrogens (tertiary/aromatic N) is 2. The lowest BCUT2D eigenvalue weighted by atomic mass is 9.96. The zero-order chi connectivity index (χ0) is 13.9. The molecule has 0 saturated carbocycles. The van der Waals surface area contributed by atoms with Crippen LogP contribution < -0.4 is 4.90 Å². The summed E-state index contributed by atoms with van der Waals surface area (Å²) >= 11 is 6.08. The summed E-state index contributed by atoms with van der Waals surface area (Å²) in [7, 11) is 0. The van der Waals surface area contributed by atoms with Gasteiger partial charge in [-0.15, -0.1) is 0 Å². The van der Waals surface area contributed by atoms with Gasteiger partial charge in [-0.3, -0.25) is 4.98 Å². The Balaban J connectivity index is 1.91. The van der Waals surface area contributed by atoms with E-state index in [0.717, 1.165) is 30.9 Å². The van der Waals surface area contributed by atoms with Gasteiger partial charge in [-0.2, -0.15) is 0 Å². The predicted molar refractivity (Wildman–Crippen MR) is 81.0 cm³/mol. The third-order valence-corrected chi connectivity index (χ3v) is 3.90. The normalized spacial score (nSPS) is 17.9. The standard InChI is InChI=1S/C16H17ClN2O/c17-14-7-16-15(18-8-14)6-13(11-20)10-19(16)9-12-4-2-1-3-5-12/h1-5,7-8,13,20H,6,9-11H2/t13-/m0/s1. The van der Waals surface area contributed by atoms with Crippen molar-refractivity contribution in [2.24, 2.45) is 5.92 Å². The Hall–Kier alpha value is -1.58. The highest BCUT2D eigenvalue weighted by Gasteiger charge is 2.25. The maximum absolute atomic E-state index is 9.47. The van der Waals surface area contributed by atoms with Gasteiger partial charge < -0.3 is 10.0 Å². The fourth-order valence-electron chi connectivity index (χ4n) is 2.71. The minimum absolute atomic E-state index is 0.190. The van der Waals surface area contributed by atoms with Crippen LogP contribution in [0.1, 0.15) is 11.3 Å². The molecular weight excluding hydrogens is 272 g/mol. The third-order valence-electron chi connectivity index (χ3n) is 3.69. The van der Waals surface area contributed by atoms with E-state index >= 15 is 0 Å². The minimum atomic E-state index is 0.190. The third kappa shape index (κ3) is 2.79. The van der Waals surface area contributed by atoms with Crippen LogP contribution in [0.3, 0.4) is 0 Å². The summed E-state index contributed by atoms with van der Waals surface area (Å²) in [5.41, 5.74) is 3.36. The van der Waals surface area contributed by atoms with Crippen molar-refractivity contribution in [1.29, 1.82) is 0 Å². The molecule has 0 fully saturated rings. The molecule has 2 aromatic rings. The van der Waals surface area contributed by atoms with Gasteiger partial charge >= 0.3 is 0 Å². The largest absolute Gasteiger partial charge is 0.396 e. The van der Waals surface area contributed by atoms with Crippen molar-refractivity contribution in [2.45, 2.75) is 13.0 Å². The smallest absolute Gasteiger partial charge is 0.0642 e. The molecule has 20 heavy (non-hydrogen) atoms. The lowest BCUT2D eigenvalue weighted by molar-refractivity contribution is 0.222. The van der Waals surface area contributed by atoms with E-state index in [1.807, 2.05) is 24.3 Å². The molecule has 0 spiro atoms. The highest BCUT2D eigenvalue weighted by Crippen LogP contribution is 2.31. The minimum Gasteiger partial charge on any atom is -0.396 e. The summed E-state index contributed by atoms with van der Waals surface area (Å²) in [5, 5.41) is 10.1. The molecule has 0 aliphatic carbocycles. The Morgan fingerprint density at radius 3 is 2.85 bits per heavy atom. The van der Waals surface area contributed by atoms with Gasteiger partial charge in [0.1, 0.15) is 0 Å². The summed E-state index contributed by atoms with van der Waals surface area (Å²) in [6, 6.07) is 12.3. The van der Waals surface area contributed by atoms with Crippen molar-refractivity contribution in [3.8, 4) is 0 Å². The molecule has 0 amide bonds. The van der Waals surface area contributed by atoms with Crippen molar-refractivity contribution in [3.05, 3.63) is 58.9 Å². The quantitative estimate of drug-likeness (QED) is 0.943. The molecule has 0 saturated heterocycles. The molecule has 0 unspecified atom stereocenters. The van der Waals surface area contributed by atoms with Crippen molar-refractivity contribution in [1.82, 2.24) is 4.98 Å². The number of hydrogen-bond donors (Lipinski definition) is 1. The predicted octanol–water partition coefficient (Wildman–Crippen LogP) is 2.91. The zero-order valence-corrected chi connectivity index (χ0v) is 11.9. The second-order valence-electron chi connectivity index (χ2n) is 5.24. The summed E-state index contributed by atoms with van der Waals surface area (Å²) in [4.78, 5) is 6.68. The molecular formula is C16H17ClN2O. The van der Waals surface area contributed by atoms with Crippen molar-refractivity contribution >= 4 is 17.3 Å². The van der Waals surface area contributed by atoms with Crippen LogP contribution in [0, 0.1) is 5.92 Å². The van der Waals surface area contributed by atoms with Gasteiger partial charge in [0.15, 0.2) is 0 Å². The summed E-state index contributed by atoms with van der Waals surface area (Å²) in [6.07, 6.45) is 2.50. The van der Waals surface area contributed by atoms with E-state index in [9.17, 15) is 5.11 Å². The number of benzene rings is 1. The second-order valence-corrected chi connectivity index (χ2v) is 5.67. The van der Waals surface area contributed by atoms with Crippen LogP contribution in [0.4, 0.5) is 5.69 Å². The first-order chi connectivity index (χ1) is 9.76. The summed E-state index contributed by atoms with van der Waals surface area (Å²) in [6.45, 7) is 1.84. The van der Waals surface area contributed by atoms with E-state index in [1.54, 1.807) is 6.20 Å². The maximum Gasteiger partial charge on any atom is 0.0642 e. The first kappa shape index (κ1) is 13.4. The summed E-state index contributed by atoms with van der Waals surface area (Å²) < 4.78 is 0. The first-order valence-corrected chi connectivity index (χ1v) is 7.18. The maximum atomic E-state index is 9.47. The molecule has 1 aliphatic rings. The number of aromatic nitrogens is 1. The van der Waals surface area contributed by atoms with Crippen LogP contribution in [0.25, 0.3) is 0 Å². The Kier molecular flexibility index (Phi) is 3.90. The van der Waals surface area contributed by atoms with E-state index < -0.39 is 0 Å². The van der Waals surface area contributed by atoms with Crippen molar-refractivity contribution in [2.75, 3.05) is 18.1 Å². The van der Waals surface area contributed by atoms with Crippen LogP contribution in [0.15, 0.2) is 42.6 Å². The Morgan fingerprint density at radius 1 is 1.30 bits per heavy atom. The van der Waals surface area contributed by atoms with Crippen LogP contribution >= 0.6 is 11.6 Å². The molecule has 3 rings (SSSR count). The number of aliphatic hydroxyl groups excluding tert-OH is 1. The highest BCUT2D eigenvalue weighted by molar-refractivity contribution is 6.30. The Morgan fingerprint density at radius 2 is 2.10 bits per heavy atom. The van der Waals surface area contributed by atoms with E-state index in [-0.39, 0.29) is 12.5 Å². The van der Waals surface area contributed by atoms with Gasteiger partial charge in [-0.25, -0.2) is 0 Å². The number of anilines is 1. The molecule has 3 nitrogen and oxygen atoms in total. The zero-order valence-electron chi connectivity index (χ0n) is 11.2. The number of hydrogen-bond acceptors (Lipinski definition) is 3. The monoisotopic (exact) mass is 288 g/mol. The number of fused-ring (bicyclic) bond motifs is 1.